The Morgan fingerprint density at radius 1 is 1.46 bits per heavy atom. The van der Waals surface area contributed by atoms with Crippen molar-refractivity contribution in [1.82, 2.24) is 4.90 Å². The molecule has 1 unspecified atom stereocenters. The van der Waals surface area contributed by atoms with E-state index in [4.69, 9.17) is 0 Å². The van der Waals surface area contributed by atoms with Gasteiger partial charge in [-0.2, -0.15) is 0 Å². The molecule has 0 heterocycles. The number of carbonyl (C=O) groups is 1. The van der Waals surface area contributed by atoms with Crippen LogP contribution in [0.5, 0.6) is 0 Å². The van der Waals surface area contributed by atoms with Gasteiger partial charge >= 0.3 is 0 Å². The van der Waals surface area contributed by atoms with Crippen molar-refractivity contribution in [2.24, 2.45) is 5.92 Å². The summed E-state index contributed by atoms with van der Waals surface area (Å²) in [5, 5.41) is 0. The zero-order chi connectivity index (χ0) is 10.1. The molecule has 0 spiro atoms. The second kappa shape index (κ2) is 3.79. The van der Waals surface area contributed by atoms with Crippen molar-refractivity contribution >= 4 is 5.78 Å². The Hall–Kier alpha value is -0.370. The van der Waals surface area contributed by atoms with Crippen LogP contribution < -0.4 is 0 Å². The summed E-state index contributed by atoms with van der Waals surface area (Å²) in [6.45, 7) is 4.16. The van der Waals surface area contributed by atoms with E-state index in [9.17, 15) is 4.79 Å². The van der Waals surface area contributed by atoms with Crippen LogP contribution in [-0.2, 0) is 4.79 Å². The lowest BCUT2D eigenvalue weighted by molar-refractivity contribution is -0.135. The standard InChI is InChI=1S/C11H21NO/c1-5-11(2,12(3)4)10(13)9-7-6-8-9/h9H,5-8H2,1-4H3. The molecule has 0 aromatic heterocycles. The van der Waals surface area contributed by atoms with E-state index in [1.54, 1.807) is 0 Å². The van der Waals surface area contributed by atoms with Gasteiger partial charge in [0, 0.05) is 5.92 Å². The molecule has 0 aromatic carbocycles. The topological polar surface area (TPSA) is 20.3 Å². The minimum absolute atomic E-state index is 0.231. The van der Waals surface area contributed by atoms with Crippen LogP contribution in [0.2, 0.25) is 0 Å². The van der Waals surface area contributed by atoms with Gasteiger partial charge in [0.15, 0.2) is 5.78 Å². The number of ketones is 1. The zero-order valence-electron chi connectivity index (χ0n) is 9.26. The maximum Gasteiger partial charge on any atom is 0.155 e. The predicted molar refractivity (Wildman–Crippen MR) is 54.7 cm³/mol. The lowest BCUT2D eigenvalue weighted by atomic mass is 9.74. The van der Waals surface area contributed by atoms with E-state index in [0.717, 1.165) is 19.3 Å². The van der Waals surface area contributed by atoms with Crippen molar-refractivity contribution in [3.63, 3.8) is 0 Å². The maximum atomic E-state index is 12.1. The van der Waals surface area contributed by atoms with Gasteiger partial charge in [-0.3, -0.25) is 9.69 Å². The number of hydrogen-bond acceptors (Lipinski definition) is 2. The fourth-order valence-corrected chi connectivity index (χ4v) is 1.82. The van der Waals surface area contributed by atoms with Crippen LogP contribution in [0.15, 0.2) is 0 Å². The molecule has 13 heavy (non-hydrogen) atoms. The molecule has 1 aliphatic rings. The van der Waals surface area contributed by atoms with Gasteiger partial charge in [-0.15, -0.1) is 0 Å². The van der Waals surface area contributed by atoms with Gasteiger partial charge in [-0.25, -0.2) is 0 Å². The first kappa shape index (κ1) is 10.7. The summed E-state index contributed by atoms with van der Waals surface area (Å²) in [5.41, 5.74) is -0.231. The molecule has 0 bridgehead atoms. The largest absolute Gasteiger partial charge is 0.297 e. The molecule has 0 saturated heterocycles. The molecule has 1 atom stereocenters. The summed E-state index contributed by atoms with van der Waals surface area (Å²) >= 11 is 0. The number of nitrogens with zero attached hydrogens (tertiary/aromatic N) is 1. The van der Waals surface area contributed by atoms with Crippen LogP contribution in [0.25, 0.3) is 0 Å². The third-order valence-electron chi connectivity index (χ3n) is 3.68. The van der Waals surface area contributed by atoms with Gasteiger partial charge in [0.05, 0.1) is 5.54 Å². The molecule has 1 fully saturated rings. The Labute approximate surface area is 81.3 Å². The molecule has 0 aliphatic heterocycles. The number of carbonyl (C=O) groups excluding carboxylic acids is 1. The molecule has 0 amide bonds. The van der Waals surface area contributed by atoms with E-state index in [1.165, 1.54) is 6.42 Å². The highest BCUT2D eigenvalue weighted by molar-refractivity contribution is 5.90. The molecule has 1 rings (SSSR count). The van der Waals surface area contributed by atoms with E-state index < -0.39 is 0 Å². The molecule has 1 aliphatic carbocycles. The van der Waals surface area contributed by atoms with Crippen molar-refractivity contribution < 1.29 is 4.79 Å². The van der Waals surface area contributed by atoms with Gasteiger partial charge < -0.3 is 0 Å². The highest BCUT2D eigenvalue weighted by Crippen LogP contribution is 2.33. The Balaban J connectivity index is 2.69. The predicted octanol–water partition coefficient (Wildman–Crippen LogP) is 2.09. The van der Waals surface area contributed by atoms with Gasteiger partial charge in [-0.1, -0.05) is 13.3 Å². The SMILES string of the molecule is CCC(C)(C(=O)C1CCC1)N(C)C. The highest BCUT2D eigenvalue weighted by Gasteiger charge is 2.39. The van der Waals surface area contributed by atoms with E-state index in [2.05, 4.69) is 18.7 Å². The average molecular weight is 183 g/mol. The normalized spacial score (nSPS) is 22.5. The third-order valence-corrected chi connectivity index (χ3v) is 3.68. The van der Waals surface area contributed by atoms with E-state index in [1.807, 2.05) is 14.1 Å². The lowest BCUT2D eigenvalue weighted by Gasteiger charge is -2.39. The Kier molecular flexibility index (Phi) is 3.12. The Bertz CT molecular complexity index is 196. The van der Waals surface area contributed by atoms with Crippen molar-refractivity contribution in [2.75, 3.05) is 14.1 Å². The second-order valence-electron chi connectivity index (χ2n) is 4.51. The van der Waals surface area contributed by atoms with Crippen LogP contribution >= 0.6 is 0 Å². The minimum atomic E-state index is -0.231. The van der Waals surface area contributed by atoms with E-state index >= 15 is 0 Å². The fourth-order valence-electron chi connectivity index (χ4n) is 1.82. The molecule has 0 N–H and O–H groups in total. The molecular formula is C11H21NO. The molecule has 76 valence electrons. The van der Waals surface area contributed by atoms with Crippen LogP contribution in [-0.4, -0.2) is 30.3 Å². The van der Waals surface area contributed by atoms with Crippen LogP contribution in [0, 0.1) is 5.92 Å². The molecule has 2 nitrogen and oxygen atoms in total. The first-order chi connectivity index (χ1) is 6.02. The maximum absolute atomic E-state index is 12.1. The molecule has 0 radical (unpaired) electrons. The van der Waals surface area contributed by atoms with Gasteiger partial charge in [0.1, 0.15) is 0 Å². The van der Waals surface area contributed by atoms with Crippen molar-refractivity contribution in [3.8, 4) is 0 Å². The summed E-state index contributed by atoms with van der Waals surface area (Å²) < 4.78 is 0. The lowest BCUT2D eigenvalue weighted by Crippen LogP contribution is -2.51. The van der Waals surface area contributed by atoms with Crippen LogP contribution in [0.4, 0.5) is 0 Å². The molecular weight excluding hydrogens is 162 g/mol. The van der Waals surface area contributed by atoms with Crippen molar-refractivity contribution in [1.29, 1.82) is 0 Å². The number of hydrogen-bond donors (Lipinski definition) is 0. The first-order valence-corrected chi connectivity index (χ1v) is 5.24. The average Bonchev–Trinajstić information content (AvgIpc) is 1.99. The first-order valence-electron chi connectivity index (χ1n) is 5.24. The van der Waals surface area contributed by atoms with Crippen molar-refractivity contribution in [3.05, 3.63) is 0 Å². The Morgan fingerprint density at radius 2 is 2.00 bits per heavy atom. The summed E-state index contributed by atoms with van der Waals surface area (Å²) in [7, 11) is 4.00. The molecule has 2 heteroatoms. The van der Waals surface area contributed by atoms with Gasteiger partial charge in [-0.05, 0) is 40.3 Å². The van der Waals surface area contributed by atoms with E-state index in [0.29, 0.717) is 11.7 Å². The van der Waals surface area contributed by atoms with Gasteiger partial charge in [0.2, 0.25) is 0 Å². The summed E-state index contributed by atoms with van der Waals surface area (Å²) in [5.74, 6) is 0.804. The quantitative estimate of drug-likeness (QED) is 0.665. The van der Waals surface area contributed by atoms with Crippen LogP contribution in [0.3, 0.4) is 0 Å². The zero-order valence-corrected chi connectivity index (χ0v) is 9.26. The summed E-state index contributed by atoms with van der Waals surface area (Å²) in [4.78, 5) is 14.1. The minimum Gasteiger partial charge on any atom is -0.297 e. The Morgan fingerprint density at radius 3 is 2.23 bits per heavy atom. The second-order valence-corrected chi connectivity index (χ2v) is 4.51. The summed E-state index contributed by atoms with van der Waals surface area (Å²) in [6, 6.07) is 0. The fraction of sp³-hybridized carbons (Fsp3) is 0.909. The number of Topliss-reactive ketones (excluding diaryl/α,β-unsaturated/α-hetero) is 1. The summed E-state index contributed by atoms with van der Waals surface area (Å²) in [6.07, 6.45) is 4.38. The smallest absolute Gasteiger partial charge is 0.155 e. The van der Waals surface area contributed by atoms with Crippen molar-refractivity contribution in [2.45, 2.75) is 45.1 Å². The monoisotopic (exact) mass is 183 g/mol. The third kappa shape index (κ3) is 1.78. The van der Waals surface area contributed by atoms with E-state index in [-0.39, 0.29) is 5.54 Å². The number of rotatable bonds is 4. The molecule has 1 saturated carbocycles. The van der Waals surface area contributed by atoms with Crippen LogP contribution in [0.1, 0.15) is 39.5 Å². The highest BCUT2D eigenvalue weighted by atomic mass is 16.1. The van der Waals surface area contributed by atoms with Gasteiger partial charge in [0.25, 0.3) is 0 Å². The molecule has 0 aromatic rings. The number of likely N-dealkylation sites (N-methyl/N-ethyl adjacent to an activating group) is 1.